The Labute approximate surface area is 129 Å². The highest BCUT2D eigenvalue weighted by atomic mass is 32.2. The van der Waals surface area contributed by atoms with Gasteiger partial charge in [0, 0.05) is 18.3 Å². The SMILES string of the molecule is CC1CCCCN1C(=O)C(=O)Nc1ccc(S(N)(=O)=O)cc1. The van der Waals surface area contributed by atoms with Gasteiger partial charge in [-0.25, -0.2) is 13.6 Å². The molecule has 1 aliphatic heterocycles. The van der Waals surface area contributed by atoms with E-state index in [0.29, 0.717) is 12.2 Å². The van der Waals surface area contributed by atoms with Crippen LogP contribution in [-0.4, -0.2) is 37.7 Å². The number of amides is 2. The van der Waals surface area contributed by atoms with Crippen molar-refractivity contribution in [2.24, 2.45) is 5.14 Å². The van der Waals surface area contributed by atoms with E-state index in [4.69, 9.17) is 5.14 Å². The third-order valence-corrected chi connectivity index (χ3v) is 4.63. The number of benzene rings is 1. The molecule has 2 amide bonds. The van der Waals surface area contributed by atoms with Crippen LogP contribution in [0.1, 0.15) is 26.2 Å². The minimum atomic E-state index is -3.78. The summed E-state index contributed by atoms with van der Waals surface area (Å²) in [6.07, 6.45) is 2.84. The Morgan fingerprint density at radius 2 is 1.86 bits per heavy atom. The molecule has 0 aliphatic carbocycles. The lowest BCUT2D eigenvalue weighted by Gasteiger charge is -2.32. The van der Waals surface area contributed by atoms with E-state index in [1.807, 2.05) is 6.92 Å². The summed E-state index contributed by atoms with van der Waals surface area (Å²) in [6.45, 7) is 2.50. The van der Waals surface area contributed by atoms with Gasteiger partial charge in [0.1, 0.15) is 0 Å². The van der Waals surface area contributed by atoms with Gasteiger partial charge in [-0.3, -0.25) is 9.59 Å². The maximum Gasteiger partial charge on any atom is 0.313 e. The van der Waals surface area contributed by atoms with Crippen molar-refractivity contribution in [1.29, 1.82) is 0 Å². The fraction of sp³-hybridized carbons (Fsp3) is 0.429. The molecule has 22 heavy (non-hydrogen) atoms. The quantitative estimate of drug-likeness (QED) is 0.779. The lowest BCUT2D eigenvalue weighted by Crippen LogP contribution is -2.47. The zero-order valence-corrected chi connectivity index (χ0v) is 13.1. The Morgan fingerprint density at radius 3 is 2.41 bits per heavy atom. The second kappa shape index (κ2) is 6.45. The summed E-state index contributed by atoms with van der Waals surface area (Å²) in [7, 11) is -3.78. The number of sulfonamides is 1. The van der Waals surface area contributed by atoms with Crippen LogP contribution in [0, 0.1) is 0 Å². The van der Waals surface area contributed by atoms with Crippen molar-refractivity contribution in [1.82, 2.24) is 4.90 Å². The highest BCUT2D eigenvalue weighted by molar-refractivity contribution is 7.89. The molecule has 1 aromatic rings. The van der Waals surface area contributed by atoms with Gasteiger partial charge in [-0.15, -0.1) is 0 Å². The first kappa shape index (κ1) is 16.4. The molecule has 0 bridgehead atoms. The highest BCUT2D eigenvalue weighted by Crippen LogP contribution is 2.17. The summed E-state index contributed by atoms with van der Waals surface area (Å²) >= 11 is 0. The van der Waals surface area contributed by atoms with E-state index in [2.05, 4.69) is 5.32 Å². The summed E-state index contributed by atoms with van der Waals surface area (Å²) in [6, 6.07) is 5.39. The van der Waals surface area contributed by atoms with Crippen LogP contribution in [0.4, 0.5) is 5.69 Å². The third kappa shape index (κ3) is 3.83. The second-order valence-corrected chi connectivity index (χ2v) is 6.93. The van der Waals surface area contributed by atoms with Crippen LogP contribution in [0.25, 0.3) is 0 Å². The number of piperidine rings is 1. The zero-order chi connectivity index (χ0) is 16.3. The van der Waals surface area contributed by atoms with Gasteiger partial charge in [0.15, 0.2) is 0 Å². The number of carbonyl (C=O) groups excluding carboxylic acids is 2. The Balaban J connectivity index is 2.03. The summed E-state index contributed by atoms with van der Waals surface area (Å²) in [4.78, 5) is 25.6. The molecule has 7 nitrogen and oxygen atoms in total. The maximum atomic E-state index is 12.1. The van der Waals surface area contributed by atoms with E-state index >= 15 is 0 Å². The van der Waals surface area contributed by atoms with E-state index in [-0.39, 0.29) is 10.9 Å². The predicted molar refractivity (Wildman–Crippen MR) is 81.5 cm³/mol. The molecule has 1 heterocycles. The minimum absolute atomic E-state index is 0.0526. The van der Waals surface area contributed by atoms with E-state index in [9.17, 15) is 18.0 Å². The van der Waals surface area contributed by atoms with Crippen molar-refractivity contribution in [2.45, 2.75) is 37.1 Å². The van der Waals surface area contributed by atoms with E-state index in [1.165, 1.54) is 24.3 Å². The number of hydrogen-bond acceptors (Lipinski definition) is 4. The molecule has 120 valence electrons. The zero-order valence-electron chi connectivity index (χ0n) is 12.3. The van der Waals surface area contributed by atoms with Crippen LogP contribution in [0.15, 0.2) is 29.2 Å². The number of carbonyl (C=O) groups is 2. The largest absolute Gasteiger partial charge is 0.332 e. The first-order valence-corrected chi connectivity index (χ1v) is 8.58. The number of hydrogen-bond donors (Lipinski definition) is 2. The molecule has 1 unspecified atom stereocenters. The second-order valence-electron chi connectivity index (χ2n) is 5.37. The summed E-state index contributed by atoms with van der Waals surface area (Å²) < 4.78 is 22.3. The molecule has 1 atom stereocenters. The van der Waals surface area contributed by atoms with Crippen molar-refractivity contribution >= 4 is 27.5 Å². The molecule has 8 heteroatoms. The van der Waals surface area contributed by atoms with Crippen LogP contribution in [0.5, 0.6) is 0 Å². The topological polar surface area (TPSA) is 110 Å². The highest BCUT2D eigenvalue weighted by Gasteiger charge is 2.28. The molecular weight excluding hydrogens is 306 g/mol. The van der Waals surface area contributed by atoms with E-state index in [0.717, 1.165) is 19.3 Å². The first-order valence-electron chi connectivity index (χ1n) is 7.04. The number of nitrogens with two attached hydrogens (primary N) is 1. The Bertz CT molecular complexity index is 670. The average Bonchev–Trinajstić information content (AvgIpc) is 2.46. The molecule has 3 N–H and O–H groups in total. The molecule has 0 saturated carbocycles. The normalized spacial score (nSPS) is 18.8. The molecule has 2 rings (SSSR count). The fourth-order valence-electron chi connectivity index (χ4n) is 2.44. The number of likely N-dealkylation sites (tertiary alicyclic amines) is 1. The predicted octanol–water partition coefficient (Wildman–Crippen LogP) is 0.674. The molecular formula is C14H19N3O4S. The molecule has 0 aromatic heterocycles. The first-order chi connectivity index (χ1) is 10.3. The summed E-state index contributed by atoms with van der Waals surface area (Å²) in [5.41, 5.74) is 0.343. The van der Waals surface area contributed by atoms with Gasteiger partial charge in [0.2, 0.25) is 10.0 Å². The Kier molecular flexibility index (Phi) is 4.82. The lowest BCUT2D eigenvalue weighted by atomic mass is 10.0. The van der Waals surface area contributed by atoms with Crippen molar-refractivity contribution < 1.29 is 18.0 Å². The van der Waals surface area contributed by atoms with Crippen molar-refractivity contribution in [3.63, 3.8) is 0 Å². The average molecular weight is 325 g/mol. The van der Waals surface area contributed by atoms with Crippen molar-refractivity contribution in [2.75, 3.05) is 11.9 Å². The van der Waals surface area contributed by atoms with Gasteiger partial charge in [-0.2, -0.15) is 0 Å². The van der Waals surface area contributed by atoms with E-state index < -0.39 is 21.8 Å². The third-order valence-electron chi connectivity index (χ3n) is 3.70. The van der Waals surface area contributed by atoms with Gasteiger partial charge in [-0.1, -0.05) is 0 Å². The van der Waals surface area contributed by atoms with Crippen LogP contribution in [0.3, 0.4) is 0 Å². The van der Waals surface area contributed by atoms with Gasteiger partial charge >= 0.3 is 11.8 Å². The van der Waals surface area contributed by atoms with Crippen molar-refractivity contribution in [3.8, 4) is 0 Å². The lowest BCUT2D eigenvalue weighted by molar-refractivity contribution is -0.145. The van der Waals surface area contributed by atoms with Gasteiger partial charge < -0.3 is 10.2 Å². The maximum absolute atomic E-state index is 12.1. The van der Waals surface area contributed by atoms with E-state index in [1.54, 1.807) is 4.90 Å². The Morgan fingerprint density at radius 1 is 1.23 bits per heavy atom. The van der Waals surface area contributed by atoms with Crippen LogP contribution >= 0.6 is 0 Å². The van der Waals surface area contributed by atoms with Crippen molar-refractivity contribution in [3.05, 3.63) is 24.3 Å². The minimum Gasteiger partial charge on any atom is -0.332 e. The number of nitrogens with zero attached hydrogens (tertiary/aromatic N) is 1. The van der Waals surface area contributed by atoms with Crippen LogP contribution in [-0.2, 0) is 19.6 Å². The number of primary sulfonamides is 1. The standard InChI is InChI=1S/C14H19N3O4S/c1-10-4-2-3-9-17(10)14(19)13(18)16-11-5-7-12(8-6-11)22(15,20)21/h5-8,10H,2-4,9H2,1H3,(H,16,18)(H2,15,20,21). The number of rotatable bonds is 2. The number of nitrogens with one attached hydrogen (secondary N) is 1. The summed E-state index contributed by atoms with van der Waals surface area (Å²) in [5.74, 6) is -1.29. The molecule has 0 spiro atoms. The molecule has 1 saturated heterocycles. The van der Waals surface area contributed by atoms with Gasteiger partial charge in [0.05, 0.1) is 4.90 Å². The van der Waals surface area contributed by atoms with Gasteiger partial charge in [0.25, 0.3) is 0 Å². The molecule has 1 fully saturated rings. The number of anilines is 1. The summed E-state index contributed by atoms with van der Waals surface area (Å²) in [5, 5.41) is 7.47. The molecule has 1 aromatic carbocycles. The Hall–Kier alpha value is -1.93. The molecule has 0 radical (unpaired) electrons. The monoisotopic (exact) mass is 325 g/mol. The van der Waals surface area contributed by atoms with Crippen LogP contribution in [0.2, 0.25) is 0 Å². The van der Waals surface area contributed by atoms with Gasteiger partial charge in [-0.05, 0) is 50.5 Å². The fourth-order valence-corrected chi connectivity index (χ4v) is 2.96. The van der Waals surface area contributed by atoms with Crippen LogP contribution < -0.4 is 10.5 Å². The molecule has 1 aliphatic rings. The smallest absolute Gasteiger partial charge is 0.313 e.